The van der Waals surface area contributed by atoms with Crippen molar-refractivity contribution in [1.29, 1.82) is 0 Å². The number of hydrogen-bond acceptors (Lipinski definition) is 7. The molecule has 0 radical (unpaired) electrons. The summed E-state index contributed by atoms with van der Waals surface area (Å²) in [6.45, 7) is 15.8. The summed E-state index contributed by atoms with van der Waals surface area (Å²) >= 11 is 0. The van der Waals surface area contributed by atoms with Gasteiger partial charge in [0, 0.05) is 13.2 Å². The van der Waals surface area contributed by atoms with Gasteiger partial charge < -0.3 is 29.7 Å². The second-order valence-electron chi connectivity index (χ2n) is 12.0. The van der Waals surface area contributed by atoms with Crippen LogP contribution < -0.4 is 10.6 Å². The molecule has 218 valence electrons. The highest BCUT2D eigenvalue weighted by molar-refractivity contribution is 5.94. The fraction of sp³-hybridized carbons (Fsp3) is 0.857. The van der Waals surface area contributed by atoms with Gasteiger partial charge in [0.2, 0.25) is 11.8 Å². The third-order valence-corrected chi connectivity index (χ3v) is 7.51. The predicted molar refractivity (Wildman–Crippen MR) is 143 cm³/mol. The van der Waals surface area contributed by atoms with Crippen LogP contribution in [0.3, 0.4) is 0 Å². The van der Waals surface area contributed by atoms with Crippen molar-refractivity contribution in [3.8, 4) is 0 Å². The Labute approximate surface area is 227 Å². The molecule has 1 heterocycles. The van der Waals surface area contributed by atoms with Crippen LogP contribution in [0.5, 0.6) is 0 Å². The van der Waals surface area contributed by atoms with Crippen molar-refractivity contribution in [2.75, 3.05) is 26.3 Å². The Morgan fingerprint density at radius 1 is 1.05 bits per heavy atom. The topological polar surface area (TPSA) is 123 Å². The van der Waals surface area contributed by atoms with Crippen LogP contribution in [0.25, 0.3) is 0 Å². The molecule has 2 rings (SSSR count). The van der Waals surface area contributed by atoms with Crippen LogP contribution in [0.2, 0.25) is 0 Å². The highest BCUT2D eigenvalue weighted by atomic mass is 16.6. The Morgan fingerprint density at radius 3 is 2.32 bits per heavy atom. The highest BCUT2D eigenvalue weighted by Gasteiger charge is 2.69. The Balaban J connectivity index is 2.16. The molecule has 0 aromatic heterocycles. The number of amides is 3. The van der Waals surface area contributed by atoms with Crippen molar-refractivity contribution in [1.82, 2.24) is 15.5 Å². The van der Waals surface area contributed by atoms with Gasteiger partial charge in [0.1, 0.15) is 24.2 Å². The van der Waals surface area contributed by atoms with Crippen LogP contribution in [0.15, 0.2) is 0 Å². The fourth-order valence-corrected chi connectivity index (χ4v) is 5.35. The first-order valence-electron chi connectivity index (χ1n) is 14.1. The second kappa shape index (κ2) is 13.6. The maximum Gasteiger partial charge on any atom is 0.408 e. The SMILES string of the molecule is CCCCCCCO[C@@H](C)[C@H](NC(=O)OC(C)(C)C)C(=O)N1C[C@H]2[C@@H]([C@H]1C(=O)NCC(=O)OCC)C2(C)C. The summed E-state index contributed by atoms with van der Waals surface area (Å²) in [6, 6.07) is -1.78. The quantitative estimate of drug-likeness (QED) is 0.256. The number of likely N-dealkylation sites (tertiary alicyclic amines) is 1. The lowest BCUT2D eigenvalue weighted by Gasteiger charge is -2.35. The molecule has 1 saturated heterocycles. The van der Waals surface area contributed by atoms with Crippen molar-refractivity contribution >= 4 is 23.9 Å². The van der Waals surface area contributed by atoms with Gasteiger partial charge >= 0.3 is 12.1 Å². The number of fused-ring (bicyclic) bond motifs is 1. The summed E-state index contributed by atoms with van der Waals surface area (Å²) in [5.41, 5.74) is -0.840. The van der Waals surface area contributed by atoms with E-state index in [-0.39, 0.29) is 30.4 Å². The summed E-state index contributed by atoms with van der Waals surface area (Å²) < 4.78 is 16.3. The Bertz CT molecular complexity index is 839. The minimum absolute atomic E-state index is 0.0365. The summed E-state index contributed by atoms with van der Waals surface area (Å²) in [5.74, 6) is -1.21. The van der Waals surface area contributed by atoms with Crippen molar-refractivity contribution in [3.05, 3.63) is 0 Å². The first-order chi connectivity index (χ1) is 17.7. The number of esters is 1. The molecule has 38 heavy (non-hydrogen) atoms. The van der Waals surface area contributed by atoms with Crippen molar-refractivity contribution in [3.63, 3.8) is 0 Å². The van der Waals surface area contributed by atoms with E-state index in [0.29, 0.717) is 13.2 Å². The molecule has 2 N–H and O–H groups in total. The van der Waals surface area contributed by atoms with Gasteiger partial charge in [-0.05, 0) is 58.3 Å². The molecule has 1 aliphatic carbocycles. The van der Waals surface area contributed by atoms with Crippen LogP contribution in [0, 0.1) is 17.3 Å². The molecule has 2 aliphatic rings. The number of carbonyl (C=O) groups excluding carboxylic acids is 4. The first-order valence-corrected chi connectivity index (χ1v) is 14.1. The minimum atomic E-state index is -1.03. The van der Waals surface area contributed by atoms with Gasteiger partial charge in [0.05, 0.1) is 12.7 Å². The van der Waals surface area contributed by atoms with E-state index in [1.54, 1.807) is 34.6 Å². The molecular formula is C28H49N3O7. The minimum Gasteiger partial charge on any atom is -0.465 e. The lowest BCUT2D eigenvalue weighted by atomic mass is 9.99. The summed E-state index contributed by atoms with van der Waals surface area (Å²) in [5, 5.41) is 5.34. The monoisotopic (exact) mass is 539 g/mol. The smallest absolute Gasteiger partial charge is 0.408 e. The number of carbonyl (C=O) groups is 4. The number of ether oxygens (including phenoxy) is 3. The van der Waals surface area contributed by atoms with E-state index in [0.717, 1.165) is 25.7 Å². The number of unbranched alkanes of at least 4 members (excludes halogenated alkanes) is 4. The summed E-state index contributed by atoms with van der Waals surface area (Å²) in [7, 11) is 0. The molecule has 0 bridgehead atoms. The zero-order valence-electron chi connectivity index (χ0n) is 24.6. The van der Waals surface area contributed by atoms with Gasteiger partial charge in [-0.1, -0.05) is 46.5 Å². The van der Waals surface area contributed by atoms with Crippen molar-refractivity contribution < 1.29 is 33.4 Å². The number of rotatable bonds is 14. The maximum atomic E-state index is 13.9. The van der Waals surface area contributed by atoms with Crippen LogP contribution in [0.4, 0.5) is 4.79 Å². The van der Waals surface area contributed by atoms with Gasteiger partial charge in [0.25, 0.3) is 0 Å². The molecule has 1 saturated carbocycles. The van der Waals surface area contributed by atoms with E-state index in [9.17, 15) is 19.2 Å². The maximum absolute atomic E-state index is 13.9. The molecule has 0 spiro atoms. The van der Waals surface area contributed by atoms with Crippen LogP contribution >= 0.6 is 0 Å². The van der Waals surface area contributed by atoms with Crippen LogP contribution in [0.1, 0.15) is 87.5 Å². The van der Waals surface area contributed by atoms with Gasteiger partial charge in [-0.2, -0.15) is 0 Å². The molecular weight excluding hydrogens is 490 g/mol. The zero-order valence-corrected chi connectivity index (χ0v) is 24.6. The third kappa shape index (κ3) is 8.58. The lowest BCUT2D eigenvalue weighted by Crippen LogP contribution is -2.59. The van der Waals surface area contributed by atoms with Gasteiger partial charge in [-0.25, -0.2) is 4.79 Å². The number of piperidine rings is 1. The van der Waals surface area contributed by atoms with Crippen LogP contribution in [-0.4, -0.2) is 78.9 Å². The predicted octanol–water partition coefficient (Wildman–Crippen LogP) is 3.42. The largest absolute Gasteiger partial charge is 0.465 e. The van der Waals surface area contributed by atoms with E-state index in [1.165, 1.54) is 11.3 Å². The molecule has 2 fully saturated rings. The highest BCUT2D eigenvalue weighted by Crippen LogP contribution is 2.64. The number of alkyl carbamates (subject to hydrolysis) is 1. The van der Waals surface area contributed by atoms with E-state index in [2.05, 4.69) is 31.4 Å². The molecule has 10 nitrogen and oxygen atoms in total. The van der Waals surface area contributed by atoms with E-state index < -0.39 is 47.7 Å². The summed E-state index contributed by atoms with van der Waals surface area (Å²) in [4.78, 5) is 53.2. The fourth-order valence-electron chi connectivity index (χ4n) is 5.35. The van der Waals surface area contributed by atoms with Crippen molar-refractivity contribution in [2.45, 2.75) is 111 Å². The average molecular weight is 540 g/mol. The molecule has 0 aromatic rings. The molecule has 3 amide bonds. The Hall–Kier alpha value is -2.36. The van der Waals surface area contributed by atoms with E-state index in [1.807, 2.05) is 0 Å². The third-order valence-electron chi connectivity index (χ3n) is 7.51. The number of nitrogens with zero attached hydrogens (tertiary/aromatic N) is 1. The Kier molecular flexibility index (Phi) is 11.4. The molecule has 10 heteroatoms. The normalized spacial score (nSPS) is 23.2. The summed E-state index contributed by atoms with van der Waals surface area (Å²) in [6.07, 6.45) is 3.99. The second-order valence-corrected chi connectivity index (χ2v) is 12.0. The molecule has 5 atom stereocenters. The molecule has 0 aromatic carbocycles. The Morgan fingerprint density at radius 2 is 1.71 bits per heavy atom. The van der Waals surface area contributed by atoms with Gasteiger partial charge in [-0.15, -0.1) is 0 Å². The number of hydrogen-bond donors (Lipinski definition) is 2. The van der Waals surface area contributed by atoms with E-state index in [4.69, 9.17) is 14.2 Å². The number of nitrogens with one attached hydrogen (secondary N) is 2. The first kappa shape index (κ1) is 31.9. The molecule has 0 unspecified atom stereocenters. The standard InChI is InChI=1S/C28H49N3O7/c1-9-11-12-13-14-15-37-18(3)22(30-26(35)38-27(4,5)6)25(34)31-17-19-21(28(19,7)8)23(31)24(33)29-16-20(32)36-10-2/h18-19,21-23H,9-17H2,1-8H3,(H,29,33)(H,30,35)/t18-,19-,21-,22-,23-/m0/s1. The molecule has 1 aliphatic heterocycles. The van der Waals surface area contributed by atoms with Gasteiger partial charge in [0.15, 0.2) is 0 Å². The van der Waals surface area contributed by atoms with Gasteiger partial charge in [-0.3, -0.25) is 14.4 Å². The van der Waals surface area contributed by atoms with Crippen LogP contribution in [-0.2, 0) is 28.6 Å². The van der Waals surface area contributed by atoms with E-state index >= 15 is 0 Å². The zero-order chi connectivity index (χ0) is 28.7. The average Bonchev–Trinajstić information content (AvgIpc) is 3.15. The van der Waals surface area contributed by atoms with Crippen molar-refractivity contribution in [2.24, 2.45) is 17.3 Å². The lowest BCUT2D eigenvalue weighted by molar-refractivity contribution is -0.146.